The summed E-state index contributed by atoms with van der Waals surface area (Å²) in [5.74, 6) is -0.223. The van der Waals surface area contributed by atoms with Crippen molar-refractivity contribution in [1.82, 2.24) is 9.55 Å². The van der Waals surface area contributed by atoms with Crippen LogP contribution in [0, 0.1) is 5.92 Å². The summed E-state index contributed by atoms with van der Waals surface area (Å²) in [7, 11) is 0. The molecule has 1 aromatic rings. The van der Waals surface area contributed by atoms with Gasteiger partial charge in [-0.3, -0.25) is 14.3 Å². The minimum Gasteiger partial charge on any atom is -0.396 e. The highest BCUT2D eigenvalue weighted by Crippen LogP contribution is 2.33. The zero-order valence-electron chi connectivity index (χ0n) is 10.1. The standard InChI is InChI=1S/C12H15BrN2O4/c13-2-1-7-5-15(12(19)14-11(7)18)9-3-8(6-16)10(17)4-9/h1-2,5,8-10,16-17H,3-4,6H2,(H,14,18,19)/b2-1+/t8-,9-,10+/m1/s1. The zero-order chi connectivity index (χ0) is 14.0. The molecule has 3 N–H and O–H groups in total. The first-order chi connectivity index (χ1) is 9.06. The smallest absolute Gasteiger partial charge is 0.328 e. The monoisotopic (exact) mass is 330 g/mol. The van der Waals surface area contributed by atoms with Crippen LogP contribution >= 0.6 is 15.9 Å². The van der Waals surface area contributed by atoms with Crippen molar-refractivity contribution in [3.8, 4) is 0 Å². The topological polar surface area (TPSA) is 95.3 Å². The molecule has 1 aliphatic rings. The second-order valence-corrected chi connectivity index (χ2v) is 5.21. The van der Waals surface area contributed by atoms with Gasteiger partial charge in [0.2, 0.25) is 0 Å². The van der Waals surface area contributed by atoms with Crippen molar-refractivity contribution >= 4 is 22.0 Å². The minimum absolute atomic E-state index is 0.107. The third-order valence-electron chi connectivity index (χ3n) is 3.50. The normalized spacial score (nSPS) is 27.2. The molecular formula is C12H15BrN2O4. The highest BCUT2D eigenvalue weighted by atomic mass is 79.9. The summed E-state index contributed by atoms with van der Waals surface area (Å²) in [6.07, 6.45) is 3.32. The molecule has 1 heterocycles. The van der Waals surface area contributed by atoms with Gasteiger partial charge in [0.1, 0.15) is 0 Å². The molecule has 1 fully saturated rings. The maximum absolute atomic E-state index is 11.8. The maximum Gasteiger partial charge on any atom is 0.328 e. The summed E-state index contributed by atoms with van der Waals surface area (Å²) < 4.78 is 1.42. The van der Waals surface area contributed by atoms with Gasteiger partial charge in [0, 0.05) is 24.8 Å². The van der Waals surface area contributed by atoms with Gasteiger partial charge in [-0.25, -0.2) is 4.79 Å². The number of hydrogen-bond acceptors (Lipinski definition) is 4. The number of nitrogens with one attached hydrogen (secondary N) is 1. The lowest BCUT2D eigenvalue weighted by atomic mass is 10.1. The van der Waals surface area contributed by atoms with Crippen molar-refractivity contribution in [3.05, 3.63) is 37.6 Å². The van der Waals surface area contributed by atoms with Crippen LogP contribution in [-0.4, -0.2) is 32.5 Å². The molecule has 104 valence electrons. The molecule has 0 spiro atoms. The molecule has 0 radical (unpaired) electrons. The minimum atomic E-state index is -0.621. The lowest BCUT2D eigenvalue weighted by Crippen LogP contribution is -2.32. The van der Waals surface area contributed by atoms with Gasteiger partial charge in [0.15, 0.2) is 0 Å². The Morgan fingerprint density at radius 1 is 1.47 bits per heavy atom. The van der Waals surface area contributed by atoms with Crippen LogP contribution in [0.2, 0.25) is 0 Å². The maximum atomic E-state index is 11.8. The van der Waals surface area contributed by atoms with E-state index in [4.69, 9.17) is 5.11 Å². The van der Waals surface area contributed by atoms with Gasteiger partial charge in [-0.1, -0.05) is 15.9 Å². The fourth-order valence-electron chi connectivity index (χ4n) is 2.46. The van der Waals surface area contributed by atoms with Gasteiger partial charge in [0.25, 0.3) is 5.56 Å². The van der Waals surface area contributed by atoms with Crippen LogP contribution in [0.3, 0.4) is 0 Å². The molecule has 6 nitrogen and oxygen atoms in total. The third kappa shape index (κ3) is 2.88. The summed E-state index contributed by atoms with van der Waals surface area (Å²) >= 11 is 3.08. The molecule has 0 saturated heterocycles. The quantitative estimate of drug-likeness (QED) is 0.738. The molecule has 0 aromatic carbocycles. The Labute approximate surface area is 117 Å². The van der Waals surface area contributed by atoms with Crippen molar-refractivity contribution in [1.29, 1.82) is 0 Å². The molecule has 0 aliphatic heterocycles. The molecule has 19 heavy (non-hydrogen) atoms. The summed E-state index contributed by atoms with van der Waals surface area (Å²) in [6, 6.07) is -0.209. The lowest BCUT2D eigenvalue weighted by Gasteiger charge is -2.13. The first-order valence-corrected chi connectivity index (χ1v) is 6.89. The number of aliphatic hydroxyl groups excluding tert-OH is 2. The average molecular weight is 331 g/mol. The van der Waals surface area contributed by atoms with Crippen LogP contribution in [0.25, 0.3) is 6.08 Å². The molecule has 1 aromatic heterocycles. The Morgan fingerprint density at radius 3 is 2.79 bits per heavy atom. The van der Waals surface area contributed by atoms with Gasteiger partial charge < -0.3 is 10.2 Å². The predicted octanol–water partition coefficient (Wildman–Crippen LogP) is 0.207. The van der Waals surface area contributed by atoms with E-state index >= 15 is 0 Å². The molecule has 0 amide bonds. The van der Waals surface area contributed by atoms with Crippen molar-refractivity contribution in [2.45, 2.75) is 25.0 Å². The molecule has 1 saturated carbocycles. The molecular weight excluding hydrogens is 316 g/mol. The van der Waals surface area contributed by atoms with Crippen molar-refractivity contribution < 1.29 is 10.2 Å². The Kier molecular flexibility index (Phi) is 4.38. The number of nitrogens with zero attached hydrogens (tertiary/aromatic N) is 1. The summed E-state index contributed by atoms with van der Waals surface area (Å²) in [6.45, 7) is -0.107. The zero-order valence-corrected chi connectivity index (χ0v) is 11.7. The van der Waals surface area contributed by atoms with Crippen molar-refractivity contribution in [3.63, 3.8) is 0 Å². The van der Waals surface area contributed by atoms with E-state index < -0.39 is 17.4 Å². The Hall–Kier alpha value is -1.18. The van der Waals surface area contributed by atoms with E-state index in [0.29, 0.717) is 18.4 Å². The van der Waals surface area contributed by atoms with E-state index in [0.717, 1.165) is 0 Å². The summed E-state index contributed by atoms with van der Waals surface area (Å²) in [5.41, 5.74) is -0.583. The van der Waals surface area contributed by atoms with E-state index in [2.05, 4.69) is 20.9 Å². The number of aliphatic hydroxyl groups is 2. The summed E-state index contributed by atoms with van der Waals surface area (Å²) in [4.78, 5) is 27.2. The number of H-pyrrole nitrogens is 1. The van der Waals surface area contributed by atoms with Crippen molar-refractivity contribution in [2.75, 3.05) is 6.61 Å². The number of rotatable bonds is 3. The number of halogens is 1. The molecule has 0 unspecified atom stereocenters. The van der Waals surface area contributed by atoms with E-state index in [-0.39, 0.29) is 18.6 Å². The van der Waals surface area contributed by atoms with Gasteiger partial charge in [0.05, 0.1) is 11.7 Å². The van der Waals surface area contributed by atoms with Crippen LogP contribution in [-0.2, 0) is 0 Å². The number of aromatic nitrogens is 2. The van der Waals surface area contributed by atoms with Crippen LogP contribution < -0.4 is 11.2 Å². The second kappa shape index (κ2) is 5.85. The number of aromatic amines is 1. The fraction of sp³-hybridized carbons (Fsp3) is 0.500. The highest BCUT2D eigenvalue weighted by Gasteiger charge is 2.34. The second-order valence-electron chi connectivity index (χ2n) is 4.68. The molecule has 1 aliphatic carbocycles. The molecule has 7 heteroatoms. The van der Waals surface area contributed by atoms with Gasteiger partial charge in [-0.05, 0) is 23.9 Å². The van der Waals surface area contributed by atoms with Gasteiger partial charge in [-0.2, -0.15) is 0 Å². The van der Waals surface area contributed by atoms with Crippen LogP contribution in [0.5, 0.6) is 0 Å². The van der Waals surface area contributed by atoms with Gasteiger partial charge >= 0.3 is 5.69 Å². The first-order valence-electron chi connectivity index (χ1n) is 5.98. The fourth-order valence-corrected chi connectivity index (χ4v) is 2.74. The van der Waals surface area contributed by atoms with Crippen LogP contribution in [0.1, 0.15) is 24.4 Å². The van der Waals surface area contributed by atoms with Crippen LogP contribution in [0.15, 0.2) is 20.8 Å². The Morgan fingerprint density at radius 2 is 2.21 bits per heavy atom. The highest BCUT2D eigenvalue weighted by molar-refractivity contribution is 9.11. The third-order valence-corrected chi connectivity index (χ3v) is 3.76. The summed E-state index contributed by atoms with van der Waals surface area (Å²) in [5, 5.41) is 18.9. The first kappa shape index (κ1) is 14.2. The largest absolute Gasteiger partial charge is 0.396 e. The van der Waals surface area contributed by atoms with E-state index in [1.807, 2.05) is 0 Å². The number of hydrogen-bond donors (Lipinski definition) is 3. The Bertz CT molecular complexity index is 592. The van der Waals surface area contributed by atoms with E-state index in [9.17, 15) is 14.7 Å². The Balaban J connectivity index is 2.38. The van der Waals surface area contributed by atoms with Crippen molar-refractivity contribution in [2.24, 2.45) is 5.92 Å². The SMILES string of the molecule is O=c1[nH]c(=O)n([C@@H]2C[C@H](CO)[C@@H](O)C2)cc1/C=C/Br. The molecule has 0 bridgehead atoms. The van der Waals surface area contributed by atoms with E-state index in [1.54, 1.807) is 6.08 Å². The molecule has 2 rings (SSSR count). The van der Waals surface area contributed by atoms with Gasteiger partial charge in [-0.15, -0.1) is 0 Å². The lowest BCUT2D eigenvalue weighted by molar-refractivity contribution is 0.0906. The molecule has 3 atom stereocenters. The van der Waals surface area contributed by atoms with Crippen LogP contribution in [0.4, 0.5) is 0 Å². The van der Waals surface area contributed by atoms with E-state index in [1.165, 1.54) is 15.7 Å². The predicted molar refractivity (Wildman–Crippen MR) is 74.1 cm³/mol. The average Bonchev–Trinajstić information content (AvgIpc) is 2.74.